The summed E-state index contributed by atoms with van der Waals surface area (Å²) in [6, 6.07) is 4.36. The average molecular weight is 299 g/mol. The fourth-order valence-electron chi connectivity index (χ4n) is 3.23. The van der Waals surface area contributed by atoms with Crippen molar-refractivity contribution in [2.45, 2.75) is 58.5 Å². The number of hydrogen-bond donors (Lipinski definition) is 1. The molecule has 1 N–H and O–H groups in total. The van der Waals surface area contributed by atoms with Gasteiger partial charge in [0.1, 0.15) is 5.82 Å². The van der Waals surface area contributed by atoms with Gasteiger partial charge in [0, 0.05) is 11.4 Å². The first kappa shape index (κ1) is 15.8. The average Bonchev–Trinajstić information content (AvgIpc) is 2.33. The molecule has 1 aromatic rings. The monoisotopic (exact) mass is 298 g/mol. The van der Waals surface area contributed by atoms with E-state index in [4.69, 9.17) is 11.6 Å². The van der Waals surface area contributed by atoms with Crippen LogP contribution in [0.2, 0.25) is 5.02 Å². The van der Waals surface area contributed by atoms with E-state index in [1.165, 1.54) is 12.1 Å². The lowest BCUT2D eigenvalue weighted by Gasteiger charge is -2.41. The Morgan fingerprint density at radius 2 is 1.90 bits per heavy atom. The third-order valence-electron chi connectivity index (χ3n) is 4.67. The molecule has 3 heteroatoms. The molecule has 0 heterocycles. The fourth-order valence-corrected chi connectivity index (χ4v) is 3.42. The second-order valence-corrected chi connectivity index (χ2v) is 7.68. The van der Waals surface area contributed by atoms with Crippen molar-refractivity contribution in [2.75, 3.05) is 0 Å². The molecule has 0 saturated heterocycles. The molecule has 20 heavy (non-hydrogen) atoms. The van der Waals surface area contributed by atoms with Crippen molar-refractivity contribution in [3.05, 3.63) is 34.6 Å². The second kappa shape index (κ2) is 5.65. The van der Waals surface area contributed by atoms with Crippen molar-refractivity contribution in [3.8, 4) is 0 Å². The van der Waals surface area contributed by atoms with Gasteiger partial charge in [0.25, 0.3) is 0 Å². The summed E-state index contributed by atoms with van der Waals surface area (Å²) in [5, 5.41) is 11.3. The van der Waals surface area contributed by atoms with Gasteiger partial charge < -0.3 is 5.11 Å². The minimum absolute atomic E-state index is 0.290. The van der Waals surface area contributed by atoms with Crippen LogP contribution < -0.4 is 0 Å². The normalized spacial score (nSPS) is 27.6. The molecule has 2 rings (SSSR count). The van der Waals surface area contributed by atoms with Gasteiger partial charge in [-0.1, -0.05) is 32.4 Å². The zero-order valence-electron chi connectivity index (χ0n) is 12.5. The Bertz CT molecular complexity index is 470. The topological polar surface area (TPSA) is 20.2 Å². The van der Waals surface area contributed by atoms with Crippen molar-refractivity contribution < 1.29 is 9.50 Å². The third kappa shape index (κ3) is 3.73. The van der Waals surface area contributed by atoms with E-state index in [0.29, 0.717) is 22.9 Å². The maximum atomic E-state index is 13.3. The van der Waals surface area contributed by atoms with Crippen LogP contribution in [0.25, 0.3) is 0 Å². The summed E-state index contributed by atoms with van der Waals surface area (Å²) in [4.78, 5) is 0. The highest BCUT2D eigenvalue weighted by molar-refractivity contribution is 6.31. The van der Waals surface area contributed by atoms with Crippen LogP contribution in [0, 0.1) is 17.2 Å². The van der Waals surface area contributed by atoms with Crippen molar-refractivity contribution >= 4 is 11.6 Å². The van der Waals surface area contributed by atoms with E-state index in [1.807, 2.05) is 0 Å². The third-order valence-corrected chi connectivity index (χ3v) is 5.04. The van der Waals surface area contributed by atoms with Gasteiger partial charge in [0.2, 0.25) is 0 Å². The van der Waals surface area contributed by atoms with Crippen LogP contribution in [0.1, 0.15) is 52.0 Å². The number of hydrogen-bond acceptors (Lipinski definition) is 1. The quantitative estimate of drug-likeness (QED) is 0.815. The van der Waals surface area contributed by atoms with E-state index in [9.17, 15) is 9.50 Å². The van der Waals surface area contributed by atoms with Crippen molar-refractivity contribution in [3.63, 3.8) is 0 Å². The molecule has 0 spiro atoms. The smallest absolute Gasteiger partial charge is 0.123 e. The molecule has 0 amide bonds. The van der Waals surface area contributed by atoms with Gasteiger partial charge in [-0.25, -0.2) is 4.39 Å². The van der Waals surface area contributed by atoms with Gasteiger partial charge in [-0.15, -0.1) is 0 Å². The summed E-state index contributed by atoms with van der Waals surface area (Å²) in [7, 11) is 0. The van der Waals surface area contributed by atoms with Crippen molar-refractivity contribution in [1.82, 2.24) is 0 Å². The van der Waals surface area contributed by atoms with Crippen LogP contribution >= 0.6 is 11.6 Å². The maximum Gasteiger partial charge on any atom is 0.123 e. The van der Waals surface area contributed by atoms with Crippen LogP contribution in [-0.4, -0.2) is 10.7 Å². The fraction of sp³-hybridized carbons (Fsp3) is 0.647. The first-order valence-corrected chi connectivity index (χ1v) is 7.74. The van der Waals surface area contributed by atoms with Gasteiger partial charge in [0.05, 0.1) is 5.60 Å². The largest absolute Gasteiger partial charge is 0.390 e. The zero-order chi connectivity index (χ0) is 15.0. The molecule has 1 aliphatic rings. The van der Waals surface area contributed by atoms with Crippen LogP contribution in [0.15, 0.2) is 18.2 Å². The van der Waals surface area contributed by atoms with E-state index in [2.05, 4.69) is 20.8 Å². The minimum Gasteiger partial charge on any atom is -0.390 e. The summed E-state index contributed by atoms with van der Waals surface area (Å²) in [6.45, 7) is 6.77. The Morgan fingerprint density at radius 3 is 2.45 bits per heavy atom. The van der Waals surface area contributed by atoms with Crippen LogP contribution in [0.5, 0.6) is 0 Å². The van der Waals surface area contributed by atoms with Gasteiger partial charge in [-0.05, 0) is 60.8 Å². The lowest BCUT2D eigenvalue weighted by Crippen LogP contribution is -2.39. The summed E-state index contributed by atoms with van der Waals surface area (Å²) in [6.07, 6.45) is 4.02. The van der Waals surface area contributed by atoms with Gasteiger partial charge in [-0.3, -0.25) is 0 Å². The molecule has 0 aromatic heterocycles. The molecule has 0 atom stereocenters. The molecule has 1 fully saturated rings. The number of aliphatic hydroxyl groups is 1. The predicted molar refractivity (Wildman–Crippen MR) is 81.5 cm³/mol. The summed E-state index contributed by atoms with van der Waals surface area (Å²) < 4.78 is 13.3. The van der Waals surface area contributed by atoms with Crippen LogP contribution in [0.4, 0.5) is 4.39 Å². The van der Waals surface area contributed by atoms with Gasteiger partial charge >= 0.3 is 0 Å². The van der Waals surface area contributed by atoms with E-state index < -0.39 is 5.60 Å². The highest BCUT2D eigenvalue weighted by Crippen LogP contribution is 2.42. The summed E-state index contributed by atoms with van der Waals surface area (Å²) in [5.74, 6) is 0.349. The first-order chi connectivity index (χ1) is 9.20. The van der Waals surface area contributed by atoms with E-state index >= 15 is 0 Å². The molecule has 1 saturated carbocycles. The summed E-state index contributed by atoms with van der Waals surface area (Å²) in [5.41, 5.74) is 0.264. The number of benzene rings is 1. The highest BCUT2D eigenvalue weighted by atomic mass is 35.5. The molecular formula is C17H24ClFO. The Kier molecular flexibility index (Phi) is 4.46. The molecule has 0 radical (unpaired) electrons. The van der Waals surface area contributed by atoms with Gasteiger partial charge in [0.15, 0.2) is 0 Å². The van der Waals surface area contributed by atoms with Crippen LogP contribution in [0.3, 0.4) is 0 Å². The first-order valence-electron chi connectivity index (χ1n) is 7.36. The number of rotatable bonds is 2. The molecule has 0 aliphatic heterocycles. The Labute approximate surface area is 126 Å². The number of halogens is 2. The SMILES string of the molecule is CC(C)(C)C1CCC(O)(Cc2cc(F)ccc2Cl)CC1. The Balaban J connectivity index is 2.05. The van der Waals surface area contributed by atoms with Crippen molar-refractivity contribution in [1.29, 1.82) is 0 Å². The minimum atomic E-state index is -0.737. The molecule has 0 bridgehead atoms. The molecule has 112 valence electrons. The highest BCUT2D eigenvalue weighted by Gasteiger charge is 2.37. The van der Waals surface area contributed by atoms with E-state index in [-0.39, 0.29) is 11.2 Å². The summed E-state index contributed by atoms with van der Waals surface area (Å²) >= 11 is 6.10. The molecular weight excluding hydrogens is 275 g/mol. The van der Waals surface area contributed by atoms with Crippen LogP contribution in [-0.2, 0) is 6.42 Å². The lowest BCUT2D eigenvalue weighted by molar-refractivity contribution is -0.0245. The zero-order valence-corrected chi connectivity index (χ0v) is 13.3. The molecule has 1 aromatic carbocycles. The van der Waals surface area contributed by atoms with Crippen molar-refractivity contribution in [2.24, 2.45) is 11.3 Å². The van der Waals surface area contributed by atoms with E-state index in [1.54, 1.807) is 6.07 Å². The van der Waals surface area contributed by atoms with E-state index in [0.717, 1.165) is 25.7 Å². The Morgan fingerprint density at radius 1 is 1.30 bits per heavy atom. The lowest BCUT2D eigenvalue weighted by atomic mass is 9.67. The van der Waals surface area contributed by atoms with Gasteiger partial charge in [-0.2, -0.15) is 0 Å². The molecule has 1 nitrogen and oxygen atoms in total. The standard InChI is InChI=1S/C17H24ClFO/c1-16(2,3)13-6-8-17(20,9-7-13)11-12-10-14(19)4-5-15(12)18/h4-5,10,13,20H,6-9,11H2,1-3H3. The maximum absolute atomic E-state index is 13.3. The predicted octanol–water partition coefficient (Wildman–Crippen LogP) is 4.99. The molecule has 0 unspecified atom stereocenters. The molecule has 1 aliphatic carbocycles. The second-order valence-electron chi connectivity index (χ2n) is 7.28. The Hall–Kier alpha value is -0.600.